The van der Waals surface area contributed by atoms with Crippen LogP contribution in [0.15, 0.2) is 0 Å². The predicted octanol–water partition coefficient (Wildman–Crippen LogP) is 4.79. The number of hydrogen-bond acceptors (Lipinski definition) is 3. The van der Waals surface area contributed by atoms with Crippen molar-refractivity contribution in [3.63, 3.8) is 0 Å². The lowest BCUT2D eigenvalue weighted by atomic mass is 9.78. The minimum atomic E-state index is -0.435. The lowest BCUT2D eigenvalue weighted by Gasteiger charge is -2.37. The molecule has 2 atom stereocenters. The van der Waals surface area contributed by atoms with Crippen LogP contribution in [0.2, 0.25) is 10.3 Å². The molecule has 1 saturated carbocycles. The number of nitrogens with zero attached hydrogens (tertiary/aromatic N) is 2. The Hall–Kier alpha value is -0.380. The zero-order valence-corrected chi connectivity index (χ0v) is 13.9. The first-order valence-electron chi connectivity index (χ1n) is 7.30. The largest absolute Gasteiger partial charge is 0.370 e. The van der Waals surface area contributed by atoms with E-state index in [1.165, 1.54) is 6.42 Å². The summed E-state index contributed by atoms with van der Waals surface area (Å²) in [5.74, 6) is 1.24. The maximum absolute atomic E-state index is 6.30. The van der Waals surface area contributed by atoms with E-state index in [1.807, 2.05) is 0 Å². The second-order valence-corrected chi connectivity index (χ2v) is 6.47. The van der Waals surface area contributed by atoms with Crippen LogP contribution in [-0.4, -0.2) is 17.1 Å². The van der Waals surface area contributed by atoms with Gasteiger partial charge in [0.2, 0.25) is 0 Å². The van der Waals surface area contributed by atoms with Gasteiger partial charge in [-0.05, 0) is 31.6 Å². The standard InChI is InChI=1S/C15H22Cl2N2O/c1-4-6-11-12(16)18-14(19-13(11)17)15(20-3)8-5-7-10(2)9-15/h10H,4-9H2,1-3H3. The average molecular weight is 317 g/mol. The Morgan fingerprint density at radius 2 is 1.95 bits per heavy atom. The Kier molecular flexibility index (Phi) is 5.27. The van der Waals surface area contributed by atoms with Crippen molar-refractivity contribution in [2.75, 3.05) is 7.11 Å². The molecule has 1 heterocycles. The highest BCUT2D eigenvalue weighted by molar-refractivity contribution is 6.34. The van der Waals surface area contributed by atoms with Gasteiger partial charge in [0.25, 0.3) is 0 Å². The second-order valence-electron chi connectivity index (χ2n) is 5.76. The molecule has 0 saturated heterocycles. The Labute approximate surface area is 131 Å². The van der Waals surface area contributed by atoms with Crippen molar-refractivity contribution in [1.82, 2.24) is 9.97 Å². The summed E-state index contributed by atoms with van der Waals surface area (Å²) in [6, 6.07) is 0. The molecule has 2 rings (SSSR count). The molecule has 0 aliphatic heterocycles. The van der Waals surface area contributed by atoms with Crippen LogP contribution in [0.3, 0.4) is 0 Å². The normalized spacial score (nSPS) is 26.8. The van der Waals surface area contributed by atoms with Gasteiger partial charge in [-0.15, -0.1) is 0 Å². The third-order valence-electron chi connectivity index (χ3n) is 4.16. The first-order chi connectivity index (χ1) is 9.52. The summed E-state index contributed by atoms with van der Waals surface area (Å²) in [5, 5.41) is 0.938. The summed E-state index contributed by atoms with van der Waals surface area (Å²) in [6.45, 7) is 4.32. The van der Waals surface area contributed by atoms with Crippen LogP contribution in [0, 0.1) is 5.92 Å². The van der Waals surface area contributed by atoms with Crippen LogP contribution in [0.5, 0.6) is 0 Å². The Morgan fingerprint density at radius 3 is 2.45 bits per heavy atom. The van der Waals surface area contributed by atoms with Crippen molar-refractivity contribution in [2.45, 2.75) is 58.0 Å². The van der Waals surface area contributed by atoms with Gasteiger partial charge >= 0.3 is 0 Å². The number of hydrogen-bond donors (Lipinski definition) is 0. The molecule has 1 aliphatic carbocycles. The fourth-order valence-corrected chi connectivity index (χ4v) is 3.65. The van der Waals surface area contributed by atoms with Crippen LogP contribution in [0.4, 0.5) is 0 Å². The lowest BCUT2D eigenvalue weighted by molar-refractivity contribution is -0.0646. The molecule has 1 aromatic heterocycles. The fourth-order valence-electron chi connectivity index (χ4n) is 3.07. The molecular formula is C15H22Cl2N2O. The molecule has 20 heavy (non-hydrogen) atoms. The van der Waals surface area contributed by atoms with Crippen molar-refractivity contribution in [2.24, 2.45) is 5.92 Å². The van der Waals surface area contributed by atoms with E-state index in [1.54, 1.807) is 7.11 Å². The molecule has 3 nitrogen and oxygen atoms in total. The Bertz CT molecular complexity index is 458. The van der Waals surface area contributed by atoms with E-state index in [-0.39, 0.29) is 0 Å². The highest BCUT2D eigenvalue weighted by Gasteiger charge is 2.40. The number of ether oxygens (including phenoxy) is 1. The lowest BCUT2D eigenvalue weighted by Crippen LogP contribution is -2.36. The monoisotopic (exact) mass is 316 g/mol. The van der Waals surface area contributed by atoms with E-state index >= 15 is 0 Å². The van der Waals surface area contributed by atoms with Gasteiger partial charge in [0.15, 0.2) is 5.82 Å². The molecule has 1 aliphatic rings. The molecule has 0 amide bonds. The van der Waals surface area contributed by atoms with Gasteiger partial charge in [0.1, 0.15) is 15.9 Å². The molecule has 1 fully saturated rings. The van der Waals surface area contributed by atoms with Gasteiger partial charge in [0.05, 0.1) is 0 Å². The maximum atomic E-state index is 6.30. The van der Waals surface area contributed by atoms with Gasteiger partial charge in [0, 0.05) is 12.7 Å². The number of methoxy groups -OCH3 is 1. The van der Waals surface area contributed by atoms with Crippen molar-refractivity contribution >= 4 is 23.2 Å². The van der Waals surface area contributed by atoms with E-state index in [4.69, 9.17) is 27.9 Å². The first kappa shape index (κ1) is 16.0. The Balaban J connectivity index is 2.40. The van der Waals surface area contributed by atoms with Crippen molar-refractivity contribution in [3.05, 3.63) is 21.7 Å². The third kappa shape index (κ3) is 3.10. The second kappa shape index (κ2) is 6.59. The fraction of sp³-hybridized carbons (Fsp3) is 0.733. The minimum Gasteiger partial charge on any atom is -0.370 e. The van der Waals surface area contributed by atoms with Gasteiger partial charge in [-0.1, -0.05) is 49.9 Å². The summed E-state index contributed by atoms with van der Waals surface area (Å²) in [5.41, 5.74) is 0.407. The Morgan fingerprint density at radius 1 is 1.30 bits per heavy atom. The highest BCUT2D eigenvalue weighted by atomic mass is 35.5. The maximum Gasteiger partial charge on any atom is 0.163 e. The number of rotatable bonds is 4. The first-order valence-corrected chi connectivity index (χ1v) is 8.05. The molecule has 0 N–H and O–H groups in total. The van der Waals surface area contributed by atoms with Crippen molar-refractivity contribution in [3.8, 4) is 0 Å². The van der Waals surface area contributed by atoms with Gasteiger partial charge in [-0.3, -0.25) is 0 Å². The molecule has 1 aromatic rings. The van der Waals surface area contributed by atoms with Crippen LogP contribution < -0.4 is 0 Å². The van der Waals surface area contributed by atoms with Crippen molar-refractivity contribution in [1.29, 1.82) is 0 Å². The van der Waals surface area contributed by atoms with Crippen LogP contribution >= 0.6 is 23.2 Å². The molecule has 112 valence electrons. The van der Waals surface area contributed by atoms with E-state index in [0.29, 0.717) is 22.0 Å². The van der Waals surface area contributed by atoms with E-state index in [2.05, 4.69) is 23.8 Å². The summed E-state index contributed by atoms with van der Waals surface area (Å²) >= 11 is 12.6. The van der Waals surface area contributed by atoms with Crippen LogP contribution in [0.1, 0.15) is 57.3 Å². The molecule has 0 radical (unpaired) electrons. The molecule has 0 bridgehead atoms. The zero-order chi connectivity index (χ0) is 14.8. The predicted molar refractivity (Wildman–Crippen MR) is 82.4 cm³/mol. The molecule has 2 unspecified atom stereocenters. The van der Waals surface area contributed by atoms with E-state index in [0.717, 1.165) is 37.7 Å². The van der Waals surface area contributed by atoms with Gasteiger partial charge in [-0.2, -0.15) is 0 Å². The van der Waals surface area contributed by atoms with E-state index < -0.39 is 5.60 Å². The highest BCUT2D eigenvalue weighted by Crippen LogP contribution is 2.42. The molecule has 5 heteroatoms. The minimum absolute atomic E-state index is 0.435. The van der Waals surface area contributed by atoms with Gasteiger partial charge in [-0.25, -0.2) is 9.97 Å². The molecule has 0 spiro atoms. The molecule has 0 aromatic carbocycles. The van der Waals surface area contributed by atoms with Crippen molar-refractivity contribution < 1.29 is 4.74 Å². The quantitative estimate of drug-likeness (QED) is 0.749. The third-order valence-corrected chi connectivity index (χ3v) is 4.79. The SMILES string of the molecule is CCCc1c(Cl)nc(C2(OC)CCCC(C)C2)nc1Cl. The molecular weight excluding hydrogens is 295 g/mol. The summed E-state index contributed by atoms with van der Waals surface area (Å²) in [6.07, 6.45) is 5.95. The smallest absolute Gasteiger partial charge is 0.163 e. The van der Waals surface area contributed by atoms with Crippen LogP contribution in [0.25, 0.3) is 0 Å². The number of halogens is 2. The van der Waals surface area contributed by atoms with Crippen LogP contribution in [-0.2, 0) is 16.8 Å². The average Bonchev–Trinajstić information content (AvgIpc) is 2.42. The number of aromatic nitrogens is 2. The van der Waals surface area contributed by atoms with E-state index in [9.17, 15) is 0 Å². The summed E-state index contributed by atoms with van der Waals surface area (Å²) < 4.78 is 5.80. The summed E-state index contributed by atoms with van der Waals surface area (Å²) in [7, 11) is 1.73. The summed E-state index contributed by atoms with van der Waals surface area (Å²) in [4.78, 5) is 9.00. The zero-order valence-electron chi connectivity index (χ0n) is 12.4. The topological polar surface area (TPSA) is 35.0 Å². The van der Waals surface area contributed by atoms with Gasteiger partial charge < -0.3 is 4.74 Å².